The first-order valence-corrected chi connectivity index (χ1v) is 7.36. The molecule has 1 aromatic heterocycles. The van der Waals surface area contributed by atoms with Crippen LogP contribution in [0.25, 0.3) is 0 Å². The van der Waals surface area contributed by atoms with E-state index in [1.165, 1.54) is 6.07 Å². The van der Waals surface area contributed by atoms with Crippen molar-refractivity contribution >= 4 is 15.9 Å². The molecule has 0 unspecified atom stereocenters. The van der Waals surface area contributed by atoms with Crippen LogP contribution in [0.4, 0.5) is 8.78 Å². The van der Waals surface area contributed by atoms with Crippen molar-refractivity contribution in [2.45, 2.75) is 27.0 Å². The van der Waals surface area contributed by atoms with Crippen molar-refractivity contribution in [3.63, 3.8) is 0 Å². The Morgan fingerprint density at radius 2 is 2.05 bits per heavy atom. The predicted octanol–water partition coefficient (Wildman–Crippen LogP) is 4.32. The van der Waals surface area contributed by atoms with Crippen LogP contribution < -0.4 is 10.1 Å². The summed E-state index contributed by atoms with van der Waals surface area (Å²) in [6, 6.07) is 4.30. The van der Waals surface area contributed by atoms with Crippen molar-refractivity contribution in [3.05, 3.63) is 51.4 Å². The van der Waals surface area contributed by atoms with Crippen molar-refractivity contribution in [2.24, 2.45) is 0 Å². The van der Waals surface area contributed by atoms with Crippen LogP contribution in [0.3, 0.4) is 0 Å². The van der Waals surface area contributed by atoms with Gasteiger partial charge >= 0.3 is 0 Å². The molecule has 6 heteroatoms. The topological polar surface area (TPSA) is 34.4 Å². The van der Waals surface area contributed by atoms with E-state index in [0.717, 1.165) is 23.9 Å². The highest BCUT2D eigenvalue weighted by molar-refractivity contribution is 9.10. The average Bonchev–Trinajstić information content (AvgIpc) is 2.79. The maximum absolute atomic E-state index is 13.6. The van der Waals surface area contributed by atoms with Crippen LogP contribution in [0.5, 0.6) is 5.75 Å². The quantitative estimate of drug-likeness (QED) is 0.780. The molecule has 114 valence electrons. The van der Waals surface area contributed by atoms with Crippen molar-refractivity contribution in [3.8, 4) is 5.75 Å². The second-order valence-electron chi connectivity index (χ2n) is 4.56. The Labute approximate surface area is 130 Å². The Kier molecular flexibility index (Phi) is 5.36. The van der Waals surface area contributed by atoms with Crippen molar-refractivity contribution in [1.29, 1.82) is 0 Å². The van der Waals surface area contributed by atoms with Gasteiger partial charge in [-0.25, -0.2) is 4.39 Å². The minimum atomic E-state index is -0.993. The zero-order chi connectivity index (χ0) is 15.4. The van der Waals surface area contributed by atoms with Gasteiger partial charge < -0.3 is 14.5 Å². The molecular formula is C15H16BrF2NO2. The van der Waals surface area contributed by atoms with Gasteiger partial charge in [-0.1, -0.05) is 22.9 Å². The summed E-state index contributed by atoms with van der Waals surface area (Å²) >= 11 is 3.11. The highest BCUT2D eigenvalue weighted by Gasteiger charge is 2.13. The van der Waals surface area contributed by atoms with Gasteiger partial charge in [-0.05, 0) is 31.7 Å². The lowest BCUT2D eigenvalue weighted by Crippen LogP contribution is -2.10. The monoisotopic (exact) mass is 359 g/mol. The Morgan fingerprint density at radius 3 is 2.76 bits per heavy atom. The fraction of sp³-hybridized carbons (Fsp3) is 0.333. The van der Waals surface area contributed by atoms with Crippen LogP contribution in [-0.4, -0.2) is 6.54 Å². The van der Waals surface area contributed by atoms with Crippen LogP contribution in [0.15, 0.2) is 27.1 Å². The highest BCUT2D eigenvalue weighted by atomic mass is 79.9. The van der Waals surface area contributed by atoms with E-state index < -0.39 is 11.6 Å². The van der Waals surface area contributed by atoms with Gasteiger partial charge in [-0.2, -0.15) is 4.39 Å². The molecule has 3 nitrogen and oxygen atoms in total. The summed E-state index contributed by atoms with van der Waals surface area (Å²) in [4.78, 5) is 0. The molecule has 1 heterocycles. The molecule has 0 aliphatic heterocycles. The lowest BCUT2D eigenvalue weighted by molar-refractivity contribution is 0.282. The second kappa shape index (κ2) is 7.04. The van der Waals surface area contributed by atoms with E-state index >= 15 is 0 Å². The number of hydrogen-bond donors (Lipinski definition) is 1. The Balaban J connectivity index is 2.08. The Morgan fingerprint density at radius 1 is 1.29 bits per heavy atom. The van der Waals surface area contributed by atoms with Gasteiger partial charge in [0, 0.05) is 10.0 Å². The van der Waals surface area contributed by atoms with Gasteiger partial charge in [0.15, 0.2) is 11.6 Å². The number of benzene rings is 1. The third kappa shape index (κ3) is 4.04. The average molecular weight is 360 g/mol. The zero-order valence-electron chi connectivity index (χ0n) is 11.8. The van der Waals surface area contributed by atoms with E-state index in [2.05, 4.69) is 21.2 Å². The van der Waals surface area contributed by atoms with E-state index in [1.54, 1.807) is 0 Å². The van der Waals surface area contributed by atoms with Gasteiger partial charge in [0.2, 0.25) is 5.82 Å². The van der Waals surface area contributed by atoms with Gasteiger partial charge in [0.1, 0.15) is 18.1 Å². The van der Waals surface area contributed by atoms with E-state index in [-0.39, 0.29) is 12.4 Å². The Hall–Kier alpha value is -1.40. The van der Waals surface area contributed by atoms with Crippen LogP contribution in [0, 0.1) is 18.6 Å². The third-order valence-corrected chi connectivity index (χ3v) is 3.42. The van der Waals surface area contributed by atoms with E-state index in [4.69, 9.17) is 9.15 Å². The van der Waals surface area contributed by atoms with E-state index in [0.29, 0.717) is 16.8 Å². The molecule has 0 saturated carbocycles. The molecule has 0 atom stereocenters. The van der Waals surface area contributed by atoms with Crippen LogP contribution in [0.2, 0.25) is 0 Å². The number of ether oxygens (including phenoxy) is 1. The molecule has 0 fully saturated rings. The van der Waals surface area contributed by atoms with Crippen LogP contribution >= 0.6 is 15.9 Å². The standard InChI is InChI=1S/C15H16BrF2NO2/c1-3-19-7-12-4-10(9(2)21-12)8-20-14-6-11(16)5-13(17)15(14)18/h4-6,19H,3,7-8H2,1-2H3. The number of aryl methyl sites for hydroxylation is 1. The smallest absolute Gasteiger partial charge is 0.200 e. The summed E-state index contributed by atoms with van der Waals surface area (Å²) < 4.78 is 38.2. The SMILES string of the molecule is CCNCc1cc(COc2cc(Br)cc(F)c2F)c(C)o1. The maximum Gasteiger partial charge on any atom is 0.200 e. The third-order valence-electron chi connectivity index (χ3n) is 2.96. The molecule has 0 aliphatic carbocycles. The minimum absolute atomic E-state index is 0.119. The molecule has 1 N–H and O–H groups in total. The first-order chi connectivity index (χ1) is 10.0. The second-order valence-corrected chi connectivity index (χ2v) is 5.48. The fourth-order valence-corrected chi connectivity index (χ4v) is 2.27. The summed E-state index contributed by atoms with van der Waals surface area (Å²) in [7, 11) is 0. The molecule has 2 rings (SSSR count). The summed E-state index contributed by atoms with van der Waals surface area (Å²) in [6.07, 6.45) is 0. The maximum atomic E-state index is 13.6. The minimum Gasteiger partial charge on any atom is -0.486 e. The molecule has 2 aromatic rings. The first kappa shape index (κ1) is 16.0. The number of halogens is 3. The molecule has 21 heavy (non-hydrogen) atoms. The van der Waals surface area contributed by atoms with Gasteiger partial charge in [0.05, 0.1) is 6.54 Å². The first-order valence-electron chi connectivity index (χ1n) is 6.57. The molecular weight excluding hydrogens is 344 g/mol. The van der Waals surface area contributed by atoms with Crippen LogP contribution in [-0.2, 0) is 13.2 Å². The molecule has 0 bridgehead atoms. The molecule has 1 aromatic carbocycles. The van der Waals surface area contributed by atoms with E-state index in [1.807, 2.05) is 19.9 Å². The van der Waals surface area contributed by atoms with E-state index in [9.17, 15) is 8.78 Å². The normalized spacial score (nSPS) is 10.9. The summed E-state index contributed by atoms with van der Waals surface area (Å²) in [6.45, 7) is 5.40. The molecule has 0 saturated heterocycles. The molecule has 0 spiro atoms. The number of rotatable bonds is 6. The highest BCUT2D eigenvalue weighted by Crippen LogP contribution is 2.26. The predicted molar refractivity (Wildman–Crippen MR) is 79.2 cm³/mol. The molecule has 0 aliphatic rings. The van der Waals surface area contributed by atoms with Crippen molar-refractivity contribution in [2.75, 3.05) is 6.54 Å². The van der Waals surface area contributed by atoms with Gasteiger partial charge in [0.25, 0.3) is 0 Å². The number of hydrogen-bond acceptors (Lipinski definition) is 3. The van der Waals surface area contributed by atoms with Gasteiger partial charge in [-0.15, -0.1) is 0 Å². The van der Waals surface area contributed by atoms with Gasteiger partial charge in [-0.3, -0.25) is 0 Å². The molecule has 0 radical (unpaired) electrons. The summed E-state index contributed by atoms with van der Waals surface area (Å²) in [5.74, 6) is -0.577. The lowest BCUT2D eigenvalue weighted by Gasteiger charge is -2.07. The van der Waals surface area contributed by atoms with Crippen molar-refractivity contribution in [1.82, 2.24) is 5.32 Å². The fourth-order valence-electron chi connectivity index (χ4n) is 1.86. The zero-order valence-corrected chi connectivity index (χ0v) is 13.4. The Bertz CT molecular complexity index is 628. The van der Waals surface area contributed by atoms with Crippen molar-refractivity contribution < 1.29 is 17.9 Å². The lowest BCUT2D eigenvalue weighted by atomic mass is 10.2. The van der Waals surface area contributed by atoms with Crippen LogP contribution in [0.1, 0.15) is 24.0 Å². The largest absolute Gasteiger partial charge is 0.486 e. The summed E-state index contributed by atoms with van der Waals surface area (Å²) in [5, 5.41) is 3.15. The number of nitrogens with one attached hydrogen (secondary N) is 1. The molecule has 0 amide bonds. The number of furan rings is 1. The summed E-state index contributed by atoms with van der Waals surface area (Å²) in [5.41, 5.74) is 0.808.